The maximum absolute atomic E-state index is 15.7. The Morgan fingerprint density at radius 1 is 0.575 bits per heavy atom. The molecule has 0 spiro atoms. The van der Waals surface area contributed by atoms with Crippen LogP contribution in [0.4, 0.5) is 11.4 Å². The first kappa shape index (κ1) is 56.6. The largest absolute Gasteiger partial charge is 0.385 e. The van der Waals surface area contributed by atoms with Crippen molar-refractivity contribution in [1.82, 2.24) is 0 Å². The van der Waals surface area contributed by atoms with Gasteiger partial charge in [0.1, 0.15) is 0 Å². The summed E-state index contributed by atoms with van der Waals surface area (Å²) in [7, 11) is 0. The van der Waals surface area contributed by atoms with E-state index in [1.165, 1.54) is 50.5 Å². The minimum atomic E-state index is -1.04. The van der Waals surface area contributed by atoms with Crippen molar-refractivity contribution in [2.24, 2.45) is 11.8 Å². The van der Waals surface area contributed by atoms with Crippen molar-refractivity contribution >= 4 is 83.0 Å². The molecule has 0 fully saturated rings. The van der Waals surface area contributed by atoms with Crippen LogP contribution in [0.2, 0.25) is 0 Å². The molecule has 2 amide bonds. The van der Waals surface area contributed by atoms with E-state index in [0.29, 0.717) is 36.1 Å². The highest BCUT2D eigenvalue weighted by Crippen LogP contribution is 2.51. The molecule has 2 aromatic heterocycles. The van der Waals surface area contributed by atoms with Crippen LogP contribution in [0.3, 0.4) is 0 Å². The van der Waals surface area contributed by atoms with E-state index in [2.05, 4.69) is 114 Å². The Hall–Kier alpha value is -4.11. The topological polar surface area (TPSA) is 77.9 Å². The predicted octanol–water partition coefficient (Wildman–Crippen LogP) is 18.8. The lowest BCUT2D eigenvalue weighted by atomic mass is 9.85. The molecule has 0 bridgehead atoms. The number of amides is 2. The number of rotatable bonds is 28. The number of hydrogen-bond donors (Lipinski definition) is 1. The van der Waals surface area contributed by atoms with Crippen molar-refractivity contribution in [2.75, 3.05) is 22.9 Å². The Bertz CT molecular complexity index is 2760. The number of aryl methyl sites for hydroxylation is 1. The van der Waals surface area contributed by atoms with Crippen LogP contribution in [0.1, 0.15) is 242 Å². The number of carbonyl (C=O) groups is 3. The first-order valence-electron chi connectivity index (χ1n) is 28.9. The zero-order valence-electron chi connectivity index (χ0n) is 46.9. The zero-order valence-corrected chi connectivity index (χ0v) is 48.6. The lowest BCUT2D eigenvalue weighted by Gasteiger charge is -2.26. The van der Waals surface area contributed by atoms with Crippen LogP contribution in [-0.4, -0.2) is 35.8 Å². The molecule has 4 heterocycles. The fourth-order valence-corrected chi connectivity index (χ4v) is 14.2. The molecule has 0 radical (unpaired) electrons. The molecule has 5 aromatic rings. The zero-order chi connectivity index (χ0) is 52.6. The van der Waals surface area contributed by atoms with E-state index in [-0.39, 0.29) is 23.0 Å². The van der Waals surface area contributed by atoms with Gasteiger partial charge in [-0.1, -0.05) is 176 Å². The molecule has 396 valence electrons. The van der Waals surface area contributed by atoms with E-state index in [9.17, 15) is 9.90 Å². The second-order valence-corrected chi connectivity index (χ2v) is 25.6. The van der Waals surface area contributed by atoms with E-state index in [1.54, 1.807) is 29.6 Å². The van der Waals surface area contributed by atoms with Gasteiger partial charge in [0, 0.05) is 44.9 Å². The smallest absolute Gasteiger partial charge is 0.259 e. The maximum atomic E-state index is 15.7. The molecule has 0 aliphatic carbocycles. The number of aliphatic hydroxyl groups is 1. The van der Waals surface area contributed by atoms with Gasteiger partial charge in [-0.3, -0.25) is 14.4 Å². The highest BCUT2D eigenvalue weighted by molar-refractivity contribution is 7.29. The monoisotopic (exact) mass is 1030 g/mol. The van der Waals surface area contributed by atoms with Gasteiger partial charge in [-0.2, -0.15) is 0 Å². The first-order valence-corrected chi connectivity index (χ1v) is 30.5. The third kappa shape index (κ3) is 12.8. The number of anilines is 2. The average Bonchev–Trinajstić information content (AvgIpc) is 4.12. The number of ketones is 1. The fourth-order valence-electron chi connectivity index (χ4n) is 11.7. The molecule has 2 aliphatic heterocycles. The van der Waals surface area contributed by atoms with Gasteiger partial charge in [0.2, 0.25) is 0 Å². The molecule has 6 nitrogen and oxygen atoms in total. The Morgan fingerprint density at radius 3 is 1.58 bits per heavy atom. The van der Waals surface area contributed by atoms with Crippen molar-refractivity contribution in [2.45, 2.75) is 222 Å². The van der Waals surface area contributed by atoms with E-state index >= 15 is 9.59 Å². The highest BCUT2D eigenvalue weighted by atomic mass is 32.1. The average molecular weight is 1030 g/mol. The number of thiophene rings is 2. The van der Waals surface area contributed by atoms with Crippen LogP contribution < -0.4 is 9.80 Å². The minimum Gasteiger partial charge on any atom is -0.385 e. The van der Waals surface area contributed by atoms with Crippen molar-refractivity contribution < 1.29 is 19.5 Å². The number of fused-ring (bicyclic) bond motifs is 5. The highest BCUT2D eigenvalue weighted by Gasteiger charge is 2.44. The fraction of sp³-hybridized carbons (Fsp3) is 0.585. The van der Waals surface area contributed by atoms with Gasteiger partial charge >= 0.3 is 0 Å². The Kier molecular flexibility index (Phi) is 19.5. The molecule has 0 saturated carbocycles. The molecule has 2 aliphatic rings. The van der Waals surface area contributed by atoms with Gasteiger partial charge in [-0.25, -0.2) is 0 Å². The number of hydrogen-bond acceptors (Lipinski definition) is 6. The van der Waals surface area contributed by atoms with Crippen LogP contribution in [0.15, 0.2) is 48.5 Å². The Morgan fingerprint density at radius 2 is 1.07 bits per heavy atom. The minimum absolute atomic E-state index is 0.0407. The number of benzene rings is 3. The first-order chi connectivity index (χ1) is 35.0. The molecular weight excluding hydrogens is 937 g/mol. The quantitative estimate of drug-likeness (QED) is 0.0308. The van der Waals surface area contributed by atoms with E-state index < -0.39 is 5.60 Å². The lowest BCUT2D eigenvalue weighted by Crippen LogP contribution is -2.34. The molecule has 7 rings (SSSR count). The van der Waals surface area contributed by atoms with Crippen molar-refractivity contribution in [3.05, 3.63) is 81.2 Å². The van der Waals surface area contributed by atoms with Gasteiger partial charge in [0.05, 0.1) is 37.5 Å². The standard InChI is InChI=1S/C65H90N2O4S2/c1-12-17-22-25-30-44(28-20-15-4)41-66-53-37-46(55-39-51-48(32-27-24-19-14-3)57(43(6)68)52-40-56(65(10,11)71)73-61(52)60(51)72-55)33-35-49(53)58(62(66)69)59-50-36-34-47(64(7,8)9)38-54(50)67(63(59)70)42-45(29-21-16-5)31-26-23-18-13-2/h33-40,44-45,71H,12-32,41-42H2,1-11H3. The molecule has 2 unspecified atom stereocenters. The van der Waals surface area contributed by atoms with Gasteiger partial charge in [0.15, 0.2) is 5.78 Å². The van der Waals surface area contributed by atoms with E-state index in [1.807, 2.05) is 13.8 Å². The number of unbranched alkanes of at least 4 members (excludes halogenated alkanes) is 11. The van der Waals surface area contributed by atoms with Crippen molar-refractivity contribution in [3.8, 4) is 10.4 Å². The number of carbonyl (C=O) groups excluding carboxylic acids is 3. The number of Topliss-reactive ketones (excluding diaryl/α,β-unsaturated/α-hetero) is 1. The normalized spacial score (nSPS) is 15.9. The summed E-state index contributed by atoms with van der Waals surface area (Å²) in [4.78, 5) is 51.1. The molecule has 73 heavy (non-hydrogen) atoms. The van der Waals surface area contributed by atoms with Crippen LogP contribution in [0.5, 0.6) is 0 Å². The summed E-state index contributed by atoms with van der Waals surface area (Å²) >= 11 is 3.35. The SMILES string of the molecule is CCCCCCc1c(C(C)=O)c2cc(C(C)(C)O)sc2c2sc(-c3ccc4c(c3)N(CC(CCCC)CCCCCC)C(=O)C4=C3C(=O)N(CC(CCCC)CCCCCC)c4cc(C(C)(C)C)ccc43)cc12. The molecule has 1 N–H and O–H groups in total. The predicted molar refractivity (Wildman–Crippen MR) is 316 cm³/mol. The Balaban J connectivity index is 1.42. The second kappa shape index (κ2) is 25.2. The summed E-state index contributed by atoms with van der Waals surface area (Å²) in [6, 6.07) is 17.5. The van der Waals surface area contributed by atoms with Gasteiger partial charge < -0.3 is 14.9 Å². The molecule has 8 heteroatoms. The summed E-state index contributed by atoms with van der Waals surface area (Å²) in [5.41, 5.74) is 7.62. The number of nitrogens with zero attached hydrogens (tertiary/aromatic N) is 2. The van der Waals surface area contributed by atoms with E-state index in [4.69, 9.17) is 0 Å². The van der Waals surface area contributed by atoms with Gasteiger partial charge in [0.25, 0.3) is 11.8 Å². The summed E-state index contributed by atoms with van der Waals surface area (Å²) in [5, 5.41) is 13.3. The summed E-state index contributed by atoms with van der Waals surface area (Å²) in [6.07, 6.45) is 23.6. The maximum Gasteiger partial charge on any atom is 0.259 e. The second-order valence-electron chi connectivity index (χ2n) is 23.5. The third-order valence-electron chi connectivity index (χ3n) is 16.0. The molecule has 2 atom stereocenters. The summed E-state index contributed by atoms with van der Waals surface area (Å²) < 4.78 is 2.20. The van der Waals surface area contributed by atoms with Gasteiger partial charge in [-0.15, -0.1) is 22.7 Å². The molecular formula is C65H90N2O4S2. The lowest BCUT2D eigenvalue weighted by molar-refractivity contribution is -0.114. The van der Waals surface area contributed by atoms with Crippen molar-refractivity contribution in [3.63, 3.8) is 0 Å². The molecule has 0 saturated heterocycles. The van der Waals surface area contributed by atoms with Gasteiger partial charge in [-0.05, 0) is 123 Å². The summed E-state index contributed by atoms with van der Waals surface area (Å²) in [5.74, 6) is 0.686. The van der Waals surface area contributed by atoms with Crippen molar-refractivity contribution in [1.29, 1.82) is 0 Å². The van der Waals surface area contributed by atoms with E-state index in [0.717, 1.165) is 159 Å². The Labute approximate surface area is 448 Å². The van der Waals surface area contributed by atoms with Crippen LogP contribution in [-0.2, 0) is 27.0 Å². The van der Waals surface area contributed by atoms with Crippen LogP contribution in [0, 0.1) is 11.8 Å². The van der Waals surface area contributed by atoms with Crippen LogP contribution >= 0.6 is 22.7 Å². The summed E-state index contributed by atoms with van der Waals surface area (Å²) in [6.45, 7) is 24.6. The van der Waals surface area contributed by atoms with Crippen LogP contribution in [0.25, 0.3) is 41.8 Å². The third-order valence-corrected chi connectivity index (χ3v) is 18.8. The molecule has 3 aromatic carbocycles.